The molecule has 8 heteroatoms. The molecule has 3 rings (SSSR count). The Bertz CT molecular complexity index is 856. The maximum atomic E-state index is 12.9. The van der Waals surface area contributed by atoms with Gasteiger partial charge in [-0.3, -0.25) is 9.59 Å². The van der Waals surface area contributed by atoms with Crippen LogP contribution in [0, 0.1) is 0 Å². The van der Waals surface area contributed by atoms with Gasteiger partial charge in [0.15, 0.2) is 0 Å². The first kappa shape index (κ1) is 21.8. The molecular weight excluding hydrogens is 397 g/mol. The summed E-state index contributed by atoms with van der Waals surface area (Å²) in [5, 5.41) is 2.74. The minimum absolute atomic E-state index is 0.0564. The van der Waals surface area contributed by atoms with E-state index < -0.39 is 17.4 Å². The minimum Gasteiger partial charge on any atom is -0.372 e. The Morgan fingerprint density at radius 3 is 2.43 bits per heavy atom. The van der Waals surface area contributed by atoms with E-state index in [2.05, 4.69) is 5.32 Å². The summed E-state index contributed by atoms with van der Waals surface area (Å²) < 4.78 is 44.0. The number of hydrogen-bond donors (Lipinski definition) is 1. The lowest BCUT2D eigenvalue weighted by Crippen LogP contribution is -2.60. The SMILES string of the molecule is O=CNC1(COCc2ccccc2)CCCN1C(=O)Cc1ccc(C(F)(F)F)cc1. The third-order valence-electron chi connectivity index (χ3n) is 5.21. The molecule has 0 aromatic heterocycles. The number of carbonyl (C=O) groups excluding carboxylic acids is 2. The average molecular weight is 420 g/mol. The molecule has 2 aromatic carbocycles. The van der Waals surface area contributed by atoms with Gasteiger partial charge >= 0.3 is 6.18 Å². The Morgan fingerprint density at radius 2 is 1.80 bits per heavy atom. The first-order chi connectivity index (χ1) is 14.3. The van der Waals surface area contributed by atoms with E-state index >= 15 is 0 Å². The number of carbonyl (C=O) groups is 2. The van der Waals surface area contributed by atoms with E-state index in [4.69, 9.17) is 4.74 Å². The third-order valence-corrected chi connectivity index (χ3v) is 5.21. The van der Waals surface area contributed by atoms with Crippen LogP contribution in [0.2, 0.25) is 0 Å². The number of rotatable bonds is 8. The quantitative estimate of drug-likeness (QED) is 0.665. The van der Waals surface area contributed by atoms with Crippen LogP contribution in [0.1, 0.15) is 29.5 Å². The first-order valence-corrected chi connectivity index (χ1v) is 9.64. The average Bonchev–Trinajstić information content (AvgIpc) is 3.12. The molecule has 0 saturated carbocycles. The molecule has 160 valence electrons. The molecule has 1 aliphatic rings. The van der Waals surface area contributed by atoms with E-state index in [9.17, 15) is 22.8 Å². The van der Waals surface area contributed by atoms with Gasteiger partial charge in [-0.2, -0.15) is 13.2 Å². The van der Waals surface area contributed by atoms with E-state index in [0.717, 1.165) is 17.7 Å². The summed E-state index contributed by atoms with van der Waals surface area (Å²) in [5.41, 5.74) is -0.268. The minimum atomic E-state index is -4.42. The van der Waals surface area contributed by atoms with Crippen LogP contribution in [-0.4, -0.2) is 36.0 Å². The zero-order valence-corrected chi connectivity index (χ0v) is 16.3. The second-order valence-electron chi connectivity index (χ2n) is 7.29. The van der Waals surface area contributed by atoms with Crippen LogP contribution in [0.5, 0.6) is 0 Å². The highest BCUT2D eigenvalue weighted by Crippen LogP contribution is 2.30. The molecule has 1 saturated heterocycles. The molecule has 2 aromatic rings. The molecule has 0 spiro atoms. The summed E-state index contributed by atoms with van der Waals surface area (Å²) in [7, 11) is 0. The van der Waals surface area contributed by atoms with Crippen LogP contribution in [-0.2, 0) is 33.5 Å². The molecule has 1 aliphatic heterocycles. The largest absolute Gasteiger partial charge is 0.416 e. The highest BCUT2D eigenvalue weighted by molar-refractivity contribution is 5.80. The van der Waals surface area contributed by atoms with Gasteiger partial charge in [0.1, 0.15) is 5.66 Å². The molecule has 2 amide bonds. The number of nitrogens with one attached hydrogen (secondary N) is 1. The van der Waals surface area contributed by atoms with Gasteiger partial charge in [0, 0.05) is 6.54 Å². The Hall–Kier alpha value is -2.87. The van der Waals surface area contributed by atoms with E-state index in [-0.39, 0.29) is 18.9 Å². The summed E-state index contributed by atoms with van der Waals surface area (Å²) in [6.07, 6.45) is -2.70. The Kier molecular flexibility index (Phi) is 6.77. The van der Waals surface area contributed by atoms with Gasteiger partial charge in [-0.25, -0.2) is 0 Å². The number of nitrogens with zero attached hydrogens (tertiary/aromatic N) is 1. The van der Waals surface area contributed by atoms with Gasteiger partial charge in [0.25, 0.3) is 0 Å². The molecule has 0 radical (unpaired) electrons. The van der Waals surface area contributed by atoms with Crippen molar-refractivity contribution < 1.29 is 27.5 Å². The standard InChI is InChI=1S/C22H23F3N2O3/c23-22(24,25)19-9-7-17(8-10-19)13-20(29)27-12-4-11-21(27,26-16-28)15-30-14-18-5-2-1-3-6-18/h1-3,5-10,16H,4,11-15H2,(H,26,28). The summed E-state index contributed by atoms with van der Waals surface area (Å²) in [4.78, 5) is 25.7. The maximum absolute atomic E-state index is 12.9. The summed E-state index contributed by atoms with van der Waals surface area (Å²) >= 11 is 0. The van der Waals surface area contributed by atoms with Crippen LogP contribution >= 0.6 is 0 Å². The van der Waals surface area contributed by atoms with Gasteiger partial charge in [-0.1, -0.05) is 42.5 Å². The van der Waals surface area contributed by atoms with Crippen LogP contribution in [0.4, 0.5) is 13.2 Å². The number of halogens is 3. The number of benzene rings is 2. The Labute approximate surface area is 172 Å². The zero-order valence-electron chi connectivity index (χ0n) is 16.3. The van der Waals surface area contributed by atoms with Crippen molar-refractivity contribution in [2.45, 2.75) is 37.7 Å². The molecule has 1 fully saturated rings. The van der Waals surface area contributed by atoms with Crippen LogP contribution in [0.15, 0.2) is 54.6 Å². The van der Waals surface area contributed by atoms with Crippen molar-refractivity contribution in [3.05, 3.63) is 71.3 Å². The summed E-state index contributed by atoms with van der Waals surface area (Å²) in [6.45, 7) is 0.901. The highest BCUT2D eigenvalue weighted by atomic mass is 19.4. The normalized spacial score (nSPS) is 19.0. The predicted molar refractivity (Wildman–Crippen MR) is 104 cm³/mol. The molecular formula is C22H23F3N2O3. The maximum Gasteiger partial charge on any atom is 0.416 e. The lowest BCUT2D eigenvalue weighted by atomic mass is 10.1. The molecule has 5 nitrogen and oxygen atoms in total. The fourth-order valence-corrected chi connectivity index (χ4v) is 3.69. The van der Waals surface area contributed by atoms with Crippen molar-refractivity contribution in [3.63, 3.8) is 0 Å². The van der Waals surface area contributed by atoms with Gasteiger partial charge < -0.3 is 15.0 Å². The summed E-state index contributed by atoms with van der Waals surface area (Å²) in [6, 6.07) is 14.1. The van der Waals surface area contributed by atoms with Crippen molar-refractivity contribution in [1.29, 1.82) is 0 Å². The van der Waals surface area contributed by atoms with E-state index in [1.54, 1.807) is 4.90 Å². The molecule has 0 aliphatic carbocycles. The fraction of sp³-hybridized carbons (Fsp3) is 0.364. The number of hydrogen-bond acceptors (Lipinski definition) is 3. The van der Waals surface area contributed by atoms with Crippen molar-refractivity contribution in [1.82, 2.24) is 10.2 Å². The number of ether oxygens (including phenoxy) is 1. The lowest BCUT2D eigenvalue weighted by Gasteiger charge is -2.38. The number of alkyl halides is 3. The smallest absolute Gasteiger partial charge is 0.372 e. The molecule has 1 heterocycles. The van der Waals surface area contributed by atoms with Crippen LogP contribution in [0.25, 0.3) is 0 Å². The molecule has 1 N–H and O–H groups in total. The highest BCUT2D eigenvalue weighted by Gasteiger charge is 2.43. The van der Waals surface area contributed by atoms with Crippen molar-refractivity contribution in [2.24, 2.45) is 0 Å². The molecule has 30 heavy (non-hydrogen) atoms. The number of amides is 2. The second-order valence-corrected chi connectivity index (χ2v) is 7.29. The fourth-order valence-electron chi connectivity index (χ4n) is 3.69. The van der Waals surface area contributed by atoms with Crippen molar-refractivity contribution >= 4 is 12.3 Å². The van der Waals surface area contributed by atoms with Gasteiger partial charge in [0.2, 0.25) is 12.3 Å². The van der Waals surface area contributed by atoms with Crippen molar-refractivity contribution in [2.75, 3.05) is 13.2 Å². The molecule has 0 bridgehead atoms. The van der Waals surface area contributed by atoms with E-state index in [0.29, 0.717) is 38.0 Å². The molecule has 1 atom stereocenters. The van der Waals surface area contributed by atoms with Crippen molar-refractivity contribution in [3.8, 4) is 0 Å². The number of likely N-dealkylation sites (tertiary alicyclic amines) is 1. The molecule has 1 unspecified atom stereocenters. The van der Waals surface area contributed by atoms with Crippen LogP contribution < -0.4 is 5.32 Å². The summed E-state index contributed by atoms with van der Waals surface area (Å²) in [5.74, 6) is -0.273. The van der Waals surface area contributed by atoms with E-state index in [1.165, 1.54) is 12.1 Å². The topological polar surface area (TPSA) is 58.6 Å². The Morgan fingerprint density at radius 1 is 1.10 bits per heavy atom. The van der Waals surface area contributed by atoms with Gasteiger partial charge in [-0.05, 0) is 36.1 Å². The van der Waals surface area contributed by atoms with Gasteiger partial charge in [-0.15, -0.1) is 0 Å². The van der Waals surface area contributed by atoms with E-state index in [1.807, 2.05) is 30.3 Å². The predicted octanol–water partition coefficient (Wildman–Crippen LogP) is 3.53. The second kappa shape index (κ2) is 9.30. The first-order valence-electron chi connectivity index (χ1n) is 9.64. The third kappa shape index (κ3) is 5.18. The van der Waals surface area contributed by atoms with Gasteiger partial charge in [0.05, 0.1) is 25.2 Å². The monoisotopic (exact) mass is 420 g/mol. The lowest BCUT2D eigenvalue weighted by molar-refractivity contribution is -0.140. The Balaban J connectivity index is 1.67. The van der Waals surface area contributed by atoms with Crippen LogP contribution in [0.3, 0.4) is 0 Å². The zero-order chi connectivity index (χ0) is 21.6.